The molecule has 2 saturated heterocycles. The van der Waals surface area contributed by atoms with E-state index in [1.165, 1.54) is 0 Å². The maximum atomic E-state index is 12.5. The second-order valence-electron chi connectivity index (χ2n) is 6.43. The molecule has 2 amide bonds. The number of amides is 2. The van der Waals surface area contributed by atoms with Crippen molar-refractivity contribution in [2.75, 3.05) is 32.8 Å². The molecule has 2 heterocycles. The lowest BCUT2D eigenvalue weighted by Crippen LogP contribution is -2.49. The van der Waals surface area contributed by atoms with Crippen LogP contribution in [0.15, 0.2) is 30.3 Å². The van der Waals surface area contributed by atoms with Gasteiger partial charge >= 0.3 is 0 Å². The second kappa shape index (κ2) is 7.13. The average molecular weight is 316 g/mol. The molecule has 0 radical (unpaired) electrons. The Morgan fingerprint density at radius 1 is 1.13 bits per heavy atom. The number of hydrogen-bond donors (Lipinski definition) is 0. The van der Waals surface area contributed by atoms with Crippen LogP contribution in [0, 0.1) is 5.92 Å². The summed E-state index contributed by atoms with van der Waals surface area (Å²) in [5, 5.41) is 0. The predicted molar refractivity (Wildman–Crippen MR) is 86.8 cm³/mol. The first-order chi connectivity index (χ1) is 11.1. The van der Waals surface area contributed by atoms with Crippen molar-refractivity contribution in [2.45, 2.75) is 25.9 Å². The van der Waals surface area contributed by atoms with E-state index in [0.29, 0.717) is 32.0 Å². The van der Waals surface area contributed by atoms with E-state index < -0.39 is 0 Å². The lowest BCUT2D eigenvalue weighted by atomic mass is 9.93. The SMILES string of the molecule is CC(=O)N1CCO[C@@H]2CN(C(=O)Cc3ccccc3)CC[C@@H]2C1. The third-order valence-electron chi connectivity index (χ3n) is 4.84. The molecule has 0 aromatic heterocycles. The number of rotatable bonds is 2. The summed E-state index contributed by atoms with van der Waals surface area (Å²) in [6, 6.07) is 9.84. The highest BCUT2D eigenvalue weighted by atomic mass is 16.5. The number of ether oxygens (including phenoxy) is 1. The Labute approximate surface area is 137 Å². The number of hydrogen-bond acceptors (Lipinski definition) is 3. The van der Waals surface area contributed by atoms with E-state index in [9.17, 15) is 9.59 Å². The maximum Gasteiger partial charge on any atom is 0.227 e. The van der Waals surface area contributed by atoms with E-state index in [-0.39, 0.29) is 17.9 Å². The summed E-state index contributed by atoms with van der Waals surface area (Å²) in [4.78, 5) is 27.9. The average Bonchev–Trinajstić information content (AvgIpc) is 2.77. The van der Waals surface area contributed by atoms with Gasteiger partial charge in [0.15, 0.2) is 0 Å². The summed E-state index contributed by atoms with van der Waals surface area (Å²) in [6.45, 7) is 4.96. The van der Waals surface area contributed by atoms with Gasteiger partial charge in [0.05, 0.1) is 19.1 Å². The highest BCUT2D eigenvalue weighted by Gasteiger charge is 2.35. The van der Waals surface area contributed by atoms with Crippen LogP contribution >= 0.6 is 0 Å². The second-order valence-corrected chi connectivity index (χ2v) is 6.43. The standard InChI is InChI=1S/C18H24N2O3/c1-14(21)19-9-10-23-17-13-20(8-7-16(17)12-19)18(22)11-15-5-3-2-4-6-15/h2-6,16-17H,7-13H2,1H3/t16-,17-/m1/s1. The molecule has 2 atom stereocenters. The van der Waals surface area contributed by atoms with Gasteiger partial charge in [0.25, 0.3) is 0 Å². The van der Waals surface area contributed by atoms with Crippen molar-refractivity contribution in [3.8, 4) is 0 Å². The zero-order chi connectivity index (χ0) is 16.2. The molecule has 0 bridgehead atoms. The van der Waals surface area contributed by atoms with Crippen LogP contribution in [0.1, 0.15) is 18.9 Å². The maximum absolute atomic E-state index is 12.5. The summed E-state index contributed by atoms with van der Waals surface area (Å²) in [6.07, 6.45) is 1.39. The molecule has 0 unspecified atom stereocenters. The van der Waals surface area contributed by atoms with Crippen LogP contribution in [0.5, 0.6) is 0 Å². The largest absolute Gasteiger partial charge is 0.374 e. The molecule has 5 nitrogen and oxygen atoms in total. The Balaban J connectivity index is 1.59. The molecular weight excluding hydrogens is 292 g/mol. The predicted octanol–water partition coefficient (Wildman–Crippen LogP) is 1.32. The number of carbonyl (C=O) groups excluding carboxylic acids is 2. The first-order valence-corrected chi connectivity index (χ1v) is 8.32. The van der Waals surface area contributed by atoms with E-state index in [2.05, 4.69) is 0 Å². The van der Waals surface area contributed by atoms with Gasteiger partial charge in [-0.1, -0.05) is 30.3 Å². The van der Waals surface area contributed by atoms with Crippen molar-refractivity contribution in [2.24, 2.45) is 5.92 Å². The zero-order valence-electron chi connectivity index (χ0n) is 13.6. The van der Waals surface area contributed by atoms with Crippen molar-refractivity contribution in [3.63, 3.8) is 0 Å². The molecule has 124 valence electrons. The smallest absolute Gasteiger partial charge is 0.227 e. The van der Waals surface area contributed by atoms with Gasteiger partial charge in [-0.3, -0.25) is 9.59 Å². The van der Waals surface area contributed by atoms with Gasteiger partial charge in [-0.25, -0.2) is 0 Å². The minimum atomic E-state index is 0.0489. The van der Waals surface area contributed by atoms with E-state index in [0.717, 1.165) is 25.1 Å². The van der Waals surface area contributed by atoms with Crippen molar-refractivity contribution in [1.82, 2.24) is 9.80 Å². The number of benzene rings is 1. The van der Waals surface area contributed by atoms with Gasteiger partial charge in [0, 0.05) is 39.0 Å². The van der Waals surface area contributed by atoms with Gasteiger partial charge in [-0.15, -0.1) is 0 Å². The first kappa shape index (κ1) is 16.0. The van der Waals surface area contributed by atoms with Crippen molar-refractivity contribution in [1.29, 1.82) is 0 Å². The molecule has 2 aliphatic heterocycles. The Hall–Kier alpha value is -1.88. The molecular formula is C18H24N2O3. The highest BCUT2D eigenvalue weighted by molar-refractivity contribution is 5.79. The molecule has 2 fully saturated rings. The Bertz CT molecular complexity index is 561. The third kappa shape index (κ3) is 3.91. The van der Waals surface area contributed by atoms with Crippen molar-refractivity contribution >= 4 is 11.8 Å². The molecule has 0 N–H and O–H groups in total. The summed E-state index contributed by atoms with van der Waals surface area (Å²) in [5.74, 6) is 0.602. The molecule has 2 aliphatic rings. The third-order valence-corrected chi connectivity index (χ3v) is 4.84. The Morgan fingerprint density at radius 2 is 1.91 bits per heavy atom. The number of piperidine rings is 1. The normalized spacial score (nSPS) is 24.7. The summed E-state index contributed by atoms with van der Waals surface area (Å²) < 4.78 is 5.93. The summed E-state index contributed by atoms with van der Waals surface area (Å²) in [7, 11) is 0. The van der Waals surface area contributed by atoms with Gasteiger partial charge < -0.3 is 14.5 Å². The van der Waals surface area contributed by atoms with E-state index in [1.807, 2.05) is 40.1 Å². The minimum absolute atomic E-state index is 0.0489. The molecule has 1 aromatic carbocycles. The van der Waals surface area contributed by atoms with Gasteiger partial charge in [0.2, 0.25) is 11.8 Å². The van der Waals surface area contributed by atoms with Crippen molar-refractivity contribution in [3.05, 3.63) is 35.9 Å². The van der Waals surface area contributed by atoms with E-state index in [4.69, 9.17) is 4.74 Å². The van der Waals surface area contributed by atoms with Crippen LogP contribution in [-0.2, 0) is 20.7 Å². The highest BCUT2D eigenvalue weighted by Crippen LogP contribution is 2.24. The molecule has 5 heteroatoms. The van der Waals surface area contributed by atoms with Crippen LogP contribution < -0.4 is 0 Å². The lowest BCUT2D eigenvalue weighted by Gasteiger charge is -2.38. The lowest BCUT2D eigenvalue weighted by molar-refractivity contribution is -0.136. The molecule has 0 saturated carbocycles. The van der Waals surface area contributed by atoms with Crippen LogP contribution in [0.25, 0.3) is 0 Å². The molecule has 0 spiro atoms. The summed E-state index contributed by atoms with van der Waals surface area (Å²) in [5.41, 5.74) is 1.05. The van der Waals surface area contributed by atoms with Crippen LogP contribution in [-0.4, -0.2) is 60.5 Å². The molecule has 23 heavy (non-hydrogen) atoms. The Morgan fingerprint density at radius 3 is 2.65 bits per heavy atom. The van der Waals surface area contributed by atoms with E-state index in [1.54, 1.807) is 6.92 Å². The van der Waals surface area contributed by atoms with Crippen LogP contribution in [0.3, 0.4) is 0 Å². The quantitative estimate of drug-likeness (QED) is 0.827. The minimum Gasteiger partial charge on any atom is -0.374 e. The molecule has 3 rings (SSSR count). The van der Waals surface area contributed by atoms with E-state index >= 15 is 0 Å². The number of likely N-dealkylation sites (tertiary alicyclic amines) is 1. The first-order valence-electron chi connectivity index (χ1n) is 8.32. The molecule has 0 aliphatic carbocycles. The fourth-order valence-electron chi connectivity index (χ4n) is 3.45. The number of fused-ring (bicyclic) bond motifs is 1. The summed E-state index contributed by atoms with van der Waals surface area (Å²) >= 11 is 0. The fraction of sp³-hybridized carbons (Fsp3) is 0.556. The topological polar surface area (TPSA) is 49.9 Å². The zero-order valence-corrected chi connectivity index (χ0v) is 13.6. The number of nitrogens with zero attached hydrogens (tertiary/aromatic N) is 2. The van der Waals surface area contributed by atoms with Gasteiger partial charge in [-0.05, 0) is 12.0 Å². The van der Waals surface area contributed by atoms with Gasteiger partial charge in [-0.2, -0.15) is 0 Å². The van der Waals surface area contributed by atoms with Crippen molar-refractivity contribution < 1.29 is 14.3 Å². The molecule has 1 aromatic rings. The van der Waals surface area contributed by atoms with Crippen LogP contribution in [0.4, 0.5) is 0 Å². The van der Waals surface area contributed by atoms with Gasteiger partial charge in [0.1, 0.15) is 0 Å². The monoisotopic (exact) mass is 316 g/mol. The Kier molecular flexibility index (Phi) is 4.96. The fourth-order valence-corrected chi connectivity index (χ4v) is 3.45. The number of carbonyl (C=O) groups is 2. The van der Waals surface area contributed by atoms with Crippen LogP contribution in [0.2, 0.25) is 0 Å².